The lowest BCUT2D eigenvalue weighted by Gasteiger charge is -2.42. The summed E-state index contributed by atoms with van der Waals surface area (Å²) in [6.45, 7) is 24.3. The minimum atomic E-state index is -0.439. The van der Waals surface area contributed by atoms with Crippen LogP contribution in [0.4, 0.5) is 23.1 Å². The molecule has 0 spiro atoms. The van der Waals surface area contributed by atoms with Crippen LogP contribution in [-0.4, -0.2) is 90.6 Å². The molecule has 0 saturated carbocycles. The average molecular weight is 648 g/mol. The van der Waals surface area contributed by atoms with E-state index in [9.17, 15) is 0 Å². The molecule has 0 atom stereocenters. The molecule has 8 nitrogen and oxygen atoms in total. The molecule has 0 aliphatic carbocycles. The van der Waals surface area contributed by atoms with Crippen LogP contribution < -0.4 is 20.3 Å². The molecule has 242 valence electrons. The van der Waals surface area contributed by atoms with Crippen molar-refractivity contribution in [1.29, 1.82) is 0 Å². The highest BCUT2D eigenvalue weighted by Gasteiger charge is 2.27. The number of anilines is 4. The number of piperazine rings is 1. The Morgan fingerprint density at radius 1 is 1.00 bits per heavy atom. The molecule has 2 N–H and O–H groups in total. The van der Waals surface area contributed by atoms with Crippen molar-refractivity contribution in [3.05, 3.63) is 66.0 Å². The minimum Gasteiger partial charge on any atom is -0.494 e. The van der Waals surface area contributed by atoms with Crippen LogP contribution in [0.5, 0.6) is 5.75 Å². The van der Waals surface area contributed by atoms with E-state index < -0.39 is 7.92 Å². The number of rotatable bonds is 12. The fourth-order valence-corrected chi connectivity index (χ4v) is 10.4. The third kappa shape index (κ3) is 7.71. The summed E-state index contributed by atoms with van der Waals surface area (Å²) in [5, 5.41) is 10.3. The lowest BCUT2D eigenvalue weighted by Crippen LogP contribution is -2.52. The molecule has 4 heterocycles. The molecule has 2 aliphatic rings. The Morgan fingerprint density at radius 3 is 2.33 bits per heavy atom. The molecule has 0 unspecified atom stereocenters. The van der Waals surface area contributed by atoms with Crippen molar-refractivity contribution in [3.8, 4) is 5.75 Å². The number of fused-ring (bicyclic) bond motifs is 1. The number of nitrogens with zero attached hydrogens (tertiary/aromatic N) is 5. The van der Waals surface area contributed by atoms with E-state index in [0.717, 1.165) is 46.3 Å². The Balaban J connectivity index is 1.35. The number of thiophene rings is 1. The maximum atomic E-state index is 5.88. The summed E-state index contributed by atoms with van der Waals surface area (Å²) in [7, 11) is 3.51. The van der Waals surface area contributed by atoms with Gasteiger partial charge in [-0.25, -0.2) is 4.98 Å². The Hall–Kier alpha value is -2.97. The van der Waals surface area contributed by atoms with E-state index in [1.165, 1.54) is 50.0 Å². The van der Waals surface area contributed by atoms with Crippen molar-refractivity contribution in [2.75, 3.05) is 69.0 Å². The number of nitrogens with one attached hydrogen (secondary N) is 2. The zero-order chi connectivity index (χ0) is 32.1. The van der Waals surface area contributed by atoms with Crippen molar-refractivity contribution < 1.29 is 4.74 Å². The molecule has 2 fully saturated rings. The maximum absolute atomic E-state index is 5.88. The number of allylic oxidation sites excluding steroid dienone is 3. The van der Waals surface area contributed by atoms with E-state index in [2.05, 4.69) is 96.8 Å². The molecular formula is C35H50N7OPS. The van der Waals surface area contributed by atoms with Gasteiger partial charge in [-0.15, -0.1) is 11.3 Å². The third-order valence-corrected chi connectivity index (χ3v) is 13.1. The molecular weight excluding hydrogens is 597 g/mol. The van der Waals surface area contributed by atoms with Gasteiger partial charge in [-0.1, -0.05) is 54.9 Å². The van der Waals surface area contributed by atoms with Crippen molar-refractivity contribution >= 4 is 52.6 Å². The van der Waals surface area contributed by atoms with Crippen LogP contribution in [0.3, 0.4) is 0 Å². The molecule has 10 heteroatoms. The smallest absolute Gasteiger partial charge is 0.229 e. The molecule has 1 aromatic carbocycles. The van der Waals surface area contributed by atoms with Gasteiger partial charge in [0.25, 0.3) is 0 Å². The number of ether oxygens (including phenoxy) is 1. The van der Waals surface area contributed by atoms with Gasteiger partial charge < -0.3 is 25.2 Å². The van der Waals surface area contributed by atoms with E-state index in [1.54, 1.807) is 18.4 Å². The molecule has 2 saturated heterocycles. The number of aromatic nitrogens is 2. The van der Waals surface area contributed by atoms with Crippen LogP contribution in [0.25, 0.3) is 10.2 Å². The molecule has 3 aromatic rings. The monoisotopic (exact) mass is 647 g/mol. The van der Waals surface area contributed by atoms with Gasteiger partial charge in [0.1, 0.15) is 5.75 Å². The van der Waals surface area contributed by atoms with Gasteiger partial charge in [0.2, 0.25) is 5.95 Å². The first-order valence-electron chi connectivity index (χ1n) is 16.1. The van der Waals surface area contributed by atoms with Crippen molar-refractivity contribution in [2.45, 2.75) is 57.9 Å². The van der Waals surface area contributed by atoms with Crippen LogP contribution in [0.15, 0.2) is 66.0 Å². The van der Waals surface area contributed by atoms with Crippen LogP contribution in [0.1, 0.15) is 40.5 Å². The number of methoxy groups -OCH3 is 1. The zero-order valence-corrected chi connectivity index (χ0v) is 29.6. The Bertz CT molecular complexity index is 1490. The second kappa shape index (κ2) is 15.1. The largest absolute Gasteiger partial charge is 0.494 e. The normalized spacial score (nSPS) is 17.7. The van der Waals surface area contributed by atoms with Crippen molar-refractivity contribution in [3.63, 3.8) is 0 Å². The maximum Gasteiger partial charge on any atom is 0.229 e. The lowest BCUT2D eigenvalue weighted by molar-refractivity contribution is 0.0982. The number of hydrogen-bond donors (Lipinski definition) is 2. The van der Waals surface area contributed by atoms with Crippen LogP contribution in [0.2, 0.25) is 0 Å². The van der Waals surface area contributed by atoms with E-state index in [1.807, 2.05) is 18.2 Å². The predicted octanol–water partition coefficient (Wildman–Crippen LogP) is 7.95. The summed E-state index contributed by atoms with van der Waals surface area (Å²) in [5.74, 6) is 2.05. The Morgan fingerprint density at radius 2 is 1.71 bits per heavy atom. The first-order valence-corrected chi connectivity index (χ1v) is 18.5. The molecule has 2 aromatic heterocycles. The van der Waals surface area contributed by atoms with Crippen LogP contribution in [-0.2, 0) is 0 Å². The first-order chi connectivity index (χ1) is 21.7. The quantitative estimate of drug-likeness (QED) is 0.152. The zero-order valence-electron chi connectivity index (χ0n) is 27.8. The van der Waals surface area contributed by atoms with Crippen LogP contribution in [0, 0.1) is 0 Å². The lowest BCUT2D eigenvalue weighted by atomic mass is 10.0. The summed E-state index contributed by atoms with van der Waals surface area (Å²) < 4.78 is 6.88. The van der Waals surface area contributed by atoms with E-state index in [0.29, 0.717) is 23.3 Å². The average Bonchev–Trinajstić information content (AvgIpc) is 3.52. The standard InChI is InChI=1S/C35H50N7OPS/c1-9-28(32(10-2)44(24(3)4)25(5)6)36-34-33-30(15-22-45-33)38-35(39-34)37-29-12-11-27(23-31(29)43-8)41-16-13-26(14-17-41)42-20-18-40(7)19-21-42/h9-12,15,22-26H,1-2,13-14,16-21H2,3-8H3,(H2,36,37,38,39)/b32-28-. The van der Waals surface area contributed by atoms with Gasteiger partial charge in [0.15, 0.2) is 5.82 Å². The number of piperidine rings is 1. The third-order valence-electron chi connectivity index (χ3n) is 8.94. The fraction of sp³-hybridized carbons (Fsp3) is 0.486. The molecule has 5 rings (SSSR count). The van der Waals surface area contributed by atoms with Gasteiger partial charge >= 0.3 is 0 Å². The summed E-state index contributed by atoms with van der Waals surface area (Å²) in [6, 6.07) is 9.11. The Labute approximate surface area is 275 Å². The predicted molar refractivity (Wildman–Crippen MR) is 196 cm³/mol. The van der Waals surface area contributed by atoms with Gasteiger partial charge in [-0.2, -0.15) is 4.98 Å². The summed E-state index contributed by atoms with van der Waals surface area (Å²) in [6.07, 6.45) is 6.27. The summed E-state index contributed by atoms with van der Waals surface area (Å²) in [5.41, 5.74) is 4.91. The molecule has 2 aliphatic heterocycles. The first kappa shape index (κ1) is 33.4. The number of likely N-dealkylation sites (N-methyl/N-ethyl adjacent to an activating group) is 1. The van der Waals surface area contributed by atoms with Gasteiger partial charge in [-0.05, 0) is 66.2 Å². The fourth-order valence-electron chi connectivity index (χ4n) is 6.63. The molecule has 0 radical (unpaired) electrons. The van der Waals surface area contributed by atoms with E-state index in [4.69, 9.17) is 14.7 Å². The Kier molecular flexibility index (Phi) is 11.2. The summed E-state index contributed by atoms with van der Waals surface area (Å²) in [4.78, 5) is 17.4. The SMILES string of the molecule is C=C/C(Nc1nc(Nc2ccc(N3CCC(N4CCN(C)CC4)CC3)cc2OC)nc2ccsc12)=C(\C=C)P(C(C)C)C(C)C. The minimum absolute atomic E-state index is 0.439. The van der Waals surface area contributed by atoms with E-state index >= 15 is 0 Å². The number of benzene rings is 1. The van der Waals surface area contributed by atoms with E-state index in [-0.39, 0.29) is 0 Å². The number of hydrogen-bond acceptors (Lipinski definition) is 9. The van der Waals surface area contributed by atoms with Gasteiger partial charge in [0, 0.05) is 62.8 Å². The van der Waals surface area contributed by atoms with Gasteiger partial charge in [-0.3, -0.25) is 4.90 Å². The highest BCUT2D eigenvalue weighted by Crippen LogP contribution is 2.55. The topological polar surface area (TPSA) is 68.8 Å². The second-order valence-electron chi connectivity index (χ2n) is 12.5. The second-order valence-corrected chi connectivity index (χ2v) is 16.8. The molecule has 45 heavy (non-hydrogen) atoms. The summed E-state index contributed by atoms with van der Waals surface area (Å²) >= 11 is 1.63. The van der Waals surface area contributed by atoms with Crippen molar-refractivity contribution in [2.24, 2.45) is 0 Å². The molecule has 0 bridgehead atoms. The highest BCUT2D eigenvalue weighted by atomic mass is 32.1. The van der Waals surface area contributed by atoms with Gasteiger partial charge in [0.05, 0.1) is 23.0 Å². The van der Waals surface area contributed by atoms with Crippen molar-refractivity contribution in [1.82, 2.24) is 19.8 Å². The molecule has 0 amide bonds. The highest BCUT2D eigenvalue weighted by molar-refractivity contribution is 7.63. The van der Waals surface area contributed by atoms with Crippen LogP contribution >= 0.6 is 19.3 Å².